The Labute approximate surface area is 77.7 Å². The number of aromatic amines is 1. The van der Waals surface area contributed by atoms with Crippen molar-refractivity contribution in [2.75, 3.05) is 5.73 Å². The molecule has 1 heterocycles. The van der Waals surface area contributed by atoms with Crippen LogP contribution in [0.2, 0.25) is 0 Å². The molecule has 0 aromatic carbocycles. The maximum Gasteiger partial charge on any atom is 0.289 e. The standard InChI is InChI=1S/C9H17N3O/c1-4-7-8(10)9(13)12(11-7)5-6(2)3/h6,11H,4-5,10H2,1-3H3. The average Bonchev–Trinajstić information content (AvgIpc) is 2.32. The molecule has 0 aliphatic carbocycles. The van der Waals surface area contributed by atoms with Crippen LogP contribution in [0.1, 0.15) is 26.5 Å². The molecule has 1 aromatic heterocycles. The number of nitrogen functional groups attached to an aromatic ring is 1. The van der Waals surface area contributed by atoms with Crippen molar-refractivity contribution in [3.05, 3.63) is 16.0 Å². The Bertz CT molecular complexity index is 335. The second kappa shape index (κ2) is 3.68. The van der Waals surface area contributed by atoms with Crippen LogP contribution in [0.25, 0.3) is 0 Å². The molecule has 0 saturated carbocycles. The monoisotopic (exact) mass is 183 g/mol. The van der Waals surface area contributed by atoms with Gasteiger partial charge < -0.3 is 5.73 Å². The van der Waals surface area contributed by atoms with E-state index in [0.717, 1.165) is 12.1 Å². The van der Waals surface area contributed by atoms with E-state index in [1.807, 2.05) is 6.92 Å². The lowest BCUT2D eigenvalue weighted by atomic mass is 10.2. The van der Waals surface area contributed by atoms with Gasteiger partial charge in [0.15, 0.2) is 0 Å². The number of nitrogens with two attached hydrogens (primary N) is 1. The summed E-state index contributed by atoms with van der Waals surface area (Å²) >= 11 is 0. The molecule has 1 rings (SSSR count). The summed E-state index contributed by atoms with van der Waals surface area (Å²) in [6.07, 6.45) is 0.770. The molecule has 0 amide bonds. The Morgan fingerprint density at radius 3 is 2.54 bits per heavy atom. The van der Waals surface area contributed by atoms with Gasteiger partial charge in [0.2, 0.25) is 0 Å². The fourth-order valence-corrected chi connectivity index (χ4v) is 1.31. The number of nitrogens with zero attached hydrogens (tertiary/aromatic N) is 1. The van der Waals surface area contributed by atoms with E-state index in [9.17, 15) is 4.79 Å². The lowest BCUT2D eigenvalue weighted by molar-refractivity contribution is 0.470. The van der Waals surface area contributed by atoms with E-state index in [1.165, 1.54) is 0 Å². The fourth-order valence-electron chi connectivity index (χ4n) is 1.31. The molecule has 0 radical (unpaired) electrons. The van der Waals surface area contributed by atoms with Crippen molar-refractivity contribution >= 4 is 5.69 Å². The van der Waals surface area contributed by atoms with Crippen LogP contribution in [-0.4, -0.2) is 9.78 Å². The first-order chi connectivity index (χ1) is 6.06. The normalized spacial score (nSPS) is 11.1. The lowest BCUT2D eigenvalue weighted by Crippen LogP contribution is -2.20. The summed E-state index contributed by atoms with van der Waals surface area (Å²) in [5, 5.41) is 3.01. The summed E-state index contributed by atoms with van der Waals surface area (Å²) in [5.41, 5.74) is 6.74. The van der Waals surface area contributed by atoms with E-state index < -0.39 is 0 Å². The van der Waals surface area contributed by atoms with E-state index in [-0.39, 0.29) is 5.56 Å². The molecule has 1 aromatic rings. The molecule has 0 fully saturated rings. The summed E-state index contributed by atoms with van der Waals surface area (Å²) in [6.45, 7) is 6.80. The summed E-state index contributed by atoms with van der Waals surface area (Å²) in [7, 11) is 0. The third-order valence-corrected chi connectivity index (χ3v) is 1.97. The van der Waals surface area contributed by atoms with Crippen molar-refractivity contribution < 1.29 is 0 Å². The quantitative estimate of drug-likeness (QED) is 0.733. The zero-order chi connectivity index (χ0) is 10.0. The Morgan fingerprint density at radius 1 is 1.54 bits per heavy atom. The van der Waals surface area contributed by atoms with Gasteiger partial charge in [-0.05, 0) is 12.3 Å². The highest BCUT2D eigenvalue weighted by atomic mass is 16.1. The number of H-pyrrole nitrogens is 1. The molecule has 4 nitrogen and oxygen atoms in total. The second-order valence-electron chi connectivity index (χ2n) is 3.67. The largest absolute Gasteiger partial charge is 0.393 e. The van der Waals surface area contributed by atoms with E-state index >= 15 is 0 Å². The van der Waals surface area contributed by atoms with Crippen LogP contribution in [0.15, 0.2) is 4.79 Å². The van der Waals surface area contributed by atoms with Crippen molar-refractivity contribution in [3.8, 4) is 0 Å². The Morgan fingerprint density at radius 2 is 2.15 bits per heavy atom. The van der Waals surface area contributed by atoms with Crippen molar-refractivity contribution in [1.29, 1.82) is 0 Å². The van der Waals surface area contributed by atoms with Crippen LogP contribution in [0, 0.1) is 5.92 Å². The van der Waals surface area contributed by atoms with Crippen LogP contribution in [-0.2, 0) is 13.0 Å². The molecule has 4 heteroatoms. The lowest BCUT2D eigenvalue weighted by Gasteiger charge is -2.03. The van der Waals surface area contributed by atoms with Gasteiger partial charge in [0.25, 0.3) is 5.56 Å². The Balaban J connectivity index is 3.03. The third-order valence-electron chi connectivity index (χ3n) is 1.97. The van der Waals surface area contributed by atoms with Crippen molar-refractivity contribution in [3.63, 3.8) is 0 Å². The number of nitrogens with one attached hydrogen (secondary N) is 1. The first-order valence-corrected chi connectivity index (χ1v) is 4.63. The first-order valence-electron chi connectivity index (χ1n) is 4.63. The molecule has 3 N–H and O–H groups in total. The average molecular weight is 183 g/mol. The predicted molar refractivity (Wildman–Crippen MR) is 53.7 cm³/mol. The number of hydrogen-bond acceptors (Lipinski definition) is 2. The SMILES string of the molecule is CCc1[nH]n(CC(C)C)c(=O)c1N. The maximum atomic E-state index is 11.5. The molecular formula is C9H17N3O. The highest BCUT2D eigenvalue weighted by molar-refractivity contribution is 5.40. The van der Waals surface area contributed by atoms with E-state index in [2.05, 4.69) is 18.9 Å². The van der Waals surface area contributed by atoms with Gasteiger partial charge in [0.05, 0.1) is 5.69 Å². The van der Waals surface area contributed by atoms with Gasteiger partial charge in [-0.1, -0.05) is 20.8 Å². The zero-order valence-electron chi connectivity index (χ0n) is 8.42. The third kappa shape index (κ3) is 1.94. The van der Waals surface area contributed by atoms with Crippen LogP contribution in [0.4, 0.5) is 5.69 Å². The molecule has 0 bridgehead atoms. The van der Waals surface area contributed by atoms with Gasteiger partial charge >= 0.3 is 0 Å². The minimum Gasteiger partial charge on any atom is -0.393 e. The topological polar surface area (TPSA) is 63.8 Å². The van der Waals surface area contributed by atoms with Gasteiger partial charge in [-0.3, -0.25) is 14.6 Å². The minimum atomic E-state index is -0.0921. The van der Waals surface area contributed by atoms with Gasteiger partial charge in [0.1, 0.15) is 5.69 Å². The molecule has 0 aliphatic heterocycles. The summed E-state index contributed by atoms with van der Waals surface area (Å²) < 4.78 is 1.58. The van der Waals surface area contributed by atoms with E-state index in [4.69, 9.17) is 5.73 Å². The van der Waals surface area contributed by atoms with Gasteiger partial charge in [0, 0.05) is 6.54 Å². The highest BCUT2D eigenvalue weighted by Gasteiger charge is 2.09. The number of aromatic nitrogens is 2. The molecule has 0 aliphatic rings. The number of hydrogen-bond donors (Lipinski definition) is 2. The molecular weight excluding hydrogens is 166 g/mol. The molecule has 0 unspecified atom stereocenters. The van der Waals surface area contributed by atoms with Crippen LogP contribution >= 0.6 is 0 Å². The summed E-state index contributed by atoms with van der Waals surface area (Å²) in [5.74, 6) is 0.445. The van der Waals surface area contributed by atoms with Gasteiger partial charge in [-0.2, -0.15) is 0 Å². The molecule has 0 saturated heterocycles. The molecule has 0 atom stereocenters. The molecule has 74 valence electrons. The van der Waals surface area contributed by atoms with Crippen LogP contribution < -0.4 is 11.3 Å². The van der Waals surface area contributed by atoms with Crippen LogP contribution in [0.3, 0.4) is 0 Å². The Hall–Kier alpha value is -1.19. The highest BCUT2D eigenvalue weighted by Crippen LogP contribution is 2.04. The predicted octanol–water partition coefficient (Wildman–Crippen LogP) is 0.977. The van der Waals surface area contributed by atoms with Crippen LogP contribution in [0.5, 0.6) is 0 Å². The van der Waals surface area contributed by atoms with Gasteiger partial charge in [-0.25, -0.2) is 0 Å². The molecule has 13 heavy (non-hydrogen) atoms. The van der Waals surface area contributed by atoms with E-state index in [0.29, 0.717) is 18.2 Å². The first kappa shape index (κ1) is 9.89. The molecule has 0 spiro atoms. The maximum absolute atomic E-state index is 11.5. The zero-order valence-corrected chi connectivity index (χ0v) is 8.42. The summed E-state index contributed by atoms with van der Waals surface area (Å²) in [4.78, 5) is 11.5. The summed E-state index contributed by atoms with van der Waals surface area (Å²) in [6, 6.07) is 0. The fraction of sp³-hybridized carbons (Fsp3) is 0.667. The minimum absolute atomic E-state index is 0.0921. The van der Waals surface area contributed by atoms with Crippen molar-refractivity contribution in [2.24, 2.45) is 5.92 Å². The van der Waals surface area contributed by atoms with Crippen molar-refractivity contribution in [2.45, 2.75) is 33.7 Å². The second-order valence-corrected chi connectivity index (χ2v) is 3.67. The number of anilines is 1. The van der Waals surface area contributed by atoms with E-state index in [1.54, 1.807) is 4.68 Å². The van der Waals surface area contributed by atoms with Gasteiger partial charge in [-0.15, -0.1) is 0 Å². The van der Waals surface area contributed by atoms with Crippen molar-refractivity contribution in [1.82, 2.24) is 9.78 Å². The smallest absolute Gasteiger partial charge is 0.289 e. The number of rotatable bonds is 3. The Kier molecular flexibility index (Phi) is 2.80. The number of aryl methyl sites for hydroxylation is 1.